The van der Waals surface area contributed by atoms with E-state index < -0.39 is 10.0 Å². The minimum absolute atomic E-state index is 0.296. The molecule has 2 aromatic carbocycles. The minimum atomic E-state index is -3.50. The second-order valence-corrected chi connectivity index (χ2v) is 10.7. The number of hydrogen-bond donors (Lipinski definition) is 2. The van der Waals surface area contributed by atoms with Crippen LogP contribution in [0.4, 0.5) is 5.69 Å². The first-order valence-corrected chi connectivity index (χ1v) is 12.1. The molecule has 1 unspecified atom stereocenters. The second-order valence-electron chi connectivity index (χ2n) is 7.73. The van der Waals surface area contributed by atoms with Crippen molar-refractivity contribution in [3.63, 3.8) is 0 Å². The molecule has 28 heavy (non-hydrogen) atoms. The molecule has 0 amide bonds. The molecule has 0 aromatic heterocycles. The summed E-state index contributed by atoms with van der Waals surface area (Å²) in [5, 5.41) is 3.65. The molecule has 7 heteroatoms. The predicted octanol–water partition coefficient (Wildman–Crippen LogP) is 4.53. The van der Waals surface area contributed by atoms with Gasteiger partial charge in [-0.05, 0) is 54.5 Å². The summed E-state index contributed by atoms with van der Waals surface area (Å²) < 4.78 is 30.3. The van der Waals surface area contributed by atoms with Crippen molar-refractivity contribution in [1.82, 2.24) is 9.03 Å². The number of rotatable bonds is 4. The molecule has 0 bridgehead atoms. The first-order chi connectivity index (χ1) is 13.5. The van der Waals surface area contributed by atoms with Gasteiger partial charge in [0.1, 0.15) is 0 Å². The maximum atomic E-state index is 12.7. The molecule has 1 fully saturated rings. The number of nitrogens with zero attached hydrogens (tertiary/aromatic N) is 1. The predicted molar refractivity (Wildman–Crippen MR) is 116 cm³/mol. The lowest BCUT2D eigenvalue weighted by Crippen LogP contribution is -2.42. The Labute approximate surface area is 172 Å². The lowest BCUT2D eigenvalue weighted by molar-refractivity contribution is 0.310. The highest BCUT2D eigenvalue weighted by molar-refractivity contribution is 7.97. The van der Waals surface area contributed by atoms with Crippen LogP contribution in [-0.2, 0) is 10.0 Å². The number of nitrogens with one attached hydrogen (secondary N) is 2. The highest BCUT2D eigenvalue weighted by Crippen LogP contribution is 2.39. The van der Waals surface area contributed by atoms with Crippen LogP contribution in [0.3, 0.4) is 0 Å². The van der Waals surface area contributed by atoms with Crippen LogP contribution in [0.25, 0.3) is 11.1 Å². The Morgan fingerprint density at radius 3 is 2.54 bits per heavy atom. The summed E-state index contributed by atoms with van der Waals surface area (Å²) in [5.74, 6) is 0.667. The summed E-state index contributed by atoms with van der Waals surface area (Å²) >= 11 is 1.65. The molecule has 4 rings (SSSR count). The molecule has 1 aliphatic carbocycles. The van der Waals surface area contributed by atoms with E-state index in [9.17, 15) is 8.42 Å². The van der Waals surface area contributed by atoms with Crippen molar-refractivity contribution in [3.8, 4) is 11.1 Å². The van der Waals surface area contributed by atoms with Gasteiger partial charge in [0.15, 0.2) is 0 Å². The highest BCUT2D eigenvalue weighted by Gasteiger charge is 2.28. The van der Waals surface area contributed by atoms with E-state index in [4.69, 9.17) is 0 Å². The van der Waals surface area contributed by atoms with Gasteiger partial charge in [-0.25, -0.2) is 17.4 Å². The summed E-state index contributed by atoms with van der Waals surface area (Å²) in [6, 6.07) is 13.4. The van der Waals surface area contributed by atoms with Crippen molar-refractivity contribution in [1.29, 1.82) is 0 Å². The molecule has 1 aliphatic heterocycles. The van der Waals surface area contributed by atoms with Gasteiger partial charge in [0, 0.05) is 24.6 Å². The Hall–Kier alpha value is -1.54. The molecular formula is C21H27N3O2S2. The topological polar surface area (TPSA) is 61.4 Å². The van der Waals surface area contributed by atoms with Crippen molar-refractivity contribution in [2.24, 2.45) is 5.92 Å². The average molecular weight is 418 g/mol. The Morgan fingerprint density at radius 2 is 1.79 bits per heavy atom. The van der Waals surface area contributed by atoms with Gasteiger partial charge < -0.3 is 5.32 Å². The Morgan fingerprint density at radius 1 is 1.04 bits per heavy atom. The van der Waals surface area contributed by atoms with Gasteiger partial charge in [-0.1, -0.05) is 43.5 Å². The fraction of sp³-hybridized carbons (Fsp3) is 0.429. The van der Waals surface area contributed by atoms with E-state index in [1.54, 1.807) is 38.2 Å². The molecule has 5 nitrogen and oxygen atoms in total. The zero-order valence-electron chi connectivity index (χ0n) is 16.3. The first kappa shape index (κ1) is 19.8. The van der Waals surface area contributed by atoms with Crippen molar-refractivity contribution in [2.75, 3.05) is 19.4 Å². The van der Waals surface area contributed by atoms with E-state index >= 15 is 0 Å². The van der Waals surface area contributed by atoms with Crippen LogP contribution in [0.1, 0.15) is 32.1 Å². The molecule has 2 N–H and O–H groups in total. The lowest BCUT2D eigenvalue weighted by Gasteiger charge is -2.35. The number of hydrogen-bond acceptors (Lipinski definition) is 5. The van der Waals surface area contributed by atoms with Crippen molar-refractivity contribution in [2.45, 2.75) is 48.1 Å². The molecule has 2 aliphatic rings. The quantitative estimate of drug-likeness (QED) is 0.716. The van der Waals surface area contributed by atoms with E-state index in [-0.39, 0.29) is 0 Å². The smallest absolute Gasteiger partial charge is 0.243 e. The number of sulfonamides is 1. The molecule has 1 saturated carbocycles. The zero-order chi connectivity index (χ0) is 19.7. The van der Waals surface area contributed by atoms with Gasteiger partial charge in [-0.3, -0.25) is 0 Å². The third kappa shape index (κ3) is 3.81. The maximum Gasteiger partial charge on any atom is 0.243 e. The van der Waals surface area contributed by atoms with Crippen molar-refractivity contribution >= 4 is 27.7 Å². The van der Waals surface area contributed by atoms with E-state index in [0.717, 1.165) is 21.7 Å². The van der Waals surface area contributed by atoms with E-state index in [0.29, 0.717) is 17.0 Å². The fourth-order valence-electron chi connectivity index (χ4n) is 4.03. The van der Waals surface area contributed by atoms with Crippen LogP contribution >= 0.6 is 11.9 Å². The Balaban J connectivity index is 1.63. The Bertz CT molecular complexity index is 954. The Kier molecular flexibility index (Phi) is 5.69. The van der Waals surface area contributed by atoms with Gasteiger partial charge in [-0.15, -0.1) is 0 Å². The largest absolute Gasteiger partial charge is 0.368 e. The molecule has 150 valence electrons. The van der Waals surface area contributed by atoms with Crippen molar-refractivity contribution < 1.29 is 8.42 Å². The van der Waals surface area contributed by atoms with Gasteiger partial charge in [0.2, 0.25) is 10.0 Å². The normalized spacial score (nSPS) is 20.6. The van der Waals surface area contributed by atoms with Crippen LogP contribution in [0.15, 0.2) is 52.3 Å². The maximum absolute atomic E-state index is 12.7. The van der Waals surface area contributed by atoms with Gasteiger partial charge in [0.05, 0.1) is 16.7 Å². The average Bonchev–Trinajstić information content (AvgIpc) is 2.73. The van der Waals surface area contributed by atoms with Crippen molar-refractivity contribution in [3.05, 3.63) is 42.5 Å². The number of benzene rings is 2. The van der Waals surface area contributed by atoms with E-state index in [1.807, 2.05) is 18.2 Å². The standard InChI is InChI=1S/C21H27N3O2S2/c1-24(2)28(25,26)20-11-7-6-10-17(20)16-12-13-18-19(14-16)27-23-21(22-18)15-8-4-3-5-9-15/h6-7,10-15,21-23H,3-5,8-9H2,1-2H3. The van der Waals surface area contributed by atoms with Crippen LogP contribution in [0.5, 0.6) is 0 Å². The molecule has 2 aromatic rings. The lowest BCUT2D eigenvalue weighted by atomic mass is 9.87. The van der Waals surface area contributed by atoms with Crippen LogP contribution < -0.4 is 10.0 Å². The summed E-state index contributed by atoms with van der Waals surface area (Å²) in [6.45, 7) is 0. The van der Waals surface area contributed by atoms with Crippen LogP contribution in [-0.4, -0.2) is 33.0 Å². The SMILES string of the molecule is CN(C)S(=O)(=O)c1ccccc1-c1ccc2c(c1)SNC(C1CCCCC1)N2. The molecule has 0 spiro atoms. The summed E-state index contributed by atoms with van der Waals surface area (Å²) in [4.78, 5) is 1.43. The molecule has 0 radical (unpaired) electrons. The van der Waals surface area contributed by atoms with Gasteiger partial charge >= 0.3 is 0 Å². The van der Waals surface area contributed by atoms with Crippen LogP contribution in [0, 0.1) is 5.92 Å². The number of fused-ring (bicyclic) bond motifs is 1. The fourth-order valence-corrected chi connectivity index (χ4v) is 6.06. The third-order valence-corrected chi connectivity index (χ3v) is 8.47. The third-order valence-electron chi connectivity index (χ3n) is 5.67. The van der Waals surface area contributed by atoms with E-state index in [1.165, 1.54) is 36.4 Å². The first-order valence-electron chi connectivity index (χ1n) is 9.82. The summed E-state index contributed by atoms with van der Waals surface area (Å²) in [7, 11) is -0.378. The molecule has 1 heterocycles. The monoisotopic (exact) mass is 417 g/mol. The van der Waals surface area contributed by atoms with E-state index in [2.05, 4.69) is 22.2 Å². The molecule has 0 saturated heterocycles. The molecule has 1 atom stereocenters. The second kappa shape index (κ2) is 8.06. The zero-order valence-corrected chi connectivity index (χ0v) is 17.9. The summed E-state index contributed by atoms with van der Waals surface area (Å²) in [6.07, 6.45) is 6.83. The summed E-state index contributed by atoms with van der Waals surface area (Å²) in [5.41, 5.74) is 2.76. The highest BCUT2D eigenvalue weighted by atomic mass is 32.2. The van der Waals surface area contributed by atoms with Gasteiger partial charge in [-0.2, -0.15) is 0 Å². The minimum Gasteiger partial charge on any atom is -0.368 e. The molecular weight excluding hydrogens is 390 g/mol. The van der Waals surface area contributed by atoms with Crippen LogP contribution in [0.2, 0.25) is 0 Å². The number of anilines is 1. The van der Waals surface area contributed by atoms with Gasteiger partial charge in [0.25, 0.3) is 0 Å².